The molecule has 22 heavy (non-hydrogen) atoms. The second-order valence-electron chi connectivity index (χ2n) is 6.18. The van der Waals surface area contributed by atoms with E-state index in [9.17, 15) is 8.42 Å². The zero-order valence-corrected chi connectivity index (χ0v) is 14.4. The van der Waals surface area contributed by atoms with Crippen molar-refractivity contribution in [3.8, 4) is 0 Å². The second kappa shape index (κ2) is 4.73. The van der Waals surface area contributed by atoms with Gasteiger partial charge >= 0.3 is 0 Å². The average Bonchev–Trinajstić information content (AvgIpc) is 2.89. The van der Waals surface area contributed by atoms with Gasteiger partial charge in [0.1, 0.15) is 5.69 Å². The number of sulfonamides is 1. The average molecular weight is 341 g/mol. The Hall–Kier alpha value is -1.53. The van der Waals surface area contributed by atoms with Gasteiger partial charge in [0, 0.05) is 22.5 Å². The predicted molar refractivity (Wildman–Crippen MR) is 85.0 cm³/mol. The van der Waals surface area contributed by atoms with Crippen molar-refractivity contribution in [3.63, 3.8) is 0 Å². The summed E-state index contributed by atoms with van der Waals surface area (Å²) in [5, 5.41) is 4.34. The van der Waals surface area contributed by atoms with E-state index < -0.39 is 10.0 Å². The lowest BCUT2D eigenvalue weighted by Gasteiger charge is -2.22. The number of halogens is 1. The van der Waals surface area contributed by atoms with Crippen molar-refractivity contribution in [1.29, 1.82) is 0 Å². The molecule has 0 radical (unpaired) electrons. The minimum atomic E-state index is -3.74. The first-order valence-electron chi connectivity index (χ1n) is 6.91. The van der Waals surface area contributed by atoms with Crippen LogP contribution in [-0.2, 0) is 15.4 Å². The van der Waals surface area contributed by atoms with Gasteiger partial charge in [-0.2, -0.15) is 0 Å². The number of benzene rings is 1. The van der Waals surface area contributed by atoms with E-state index in [0.29, 0.717) is 28.7 Å². The highest BCUT2D eigenvalue weighted by atomic mass is 35.5. The Balaban J connectivity index is 2.22. The monoisotopic (exact) mass is 340 g/mol. The first-order valence-corrected chi connectivity index (χ1v) is 8.72. The van der Waals surface area contributed by atoms with E-state index >= 15 is 0 Å². The van der Waals surface area contributed by atoms with Gasteiger partial charge < -0.3 is 4.52 Å². The normalized spacial score (nSPS) is 16.9. The maximum atomic E-state index is 13.1. The van der Waals surface area contributed by atoms with Crippen molar-refractivity contribution in [3.05, 3.63) is 40.2 Å². The Morgan fingerprint density at radius 1 is 1.32 bits per heavy atom. The summed E-state index contributed by atoms with van der Waals surface area (Å²) in [6.45, 7) is 7.54. The minimum Gasteiger partial charge on any atom is -0.360 e. The molecule has 0 spiro atoms. The number of aromatic nitrogens is 1. The summed E-state index contributed by atoms with van der Waals surface area (Å²) in [4.78, 5) is 0.135. The van der Waals surface area contributed by atoms with Crippen LogP contribution in [0.5, 0.6) is 0 Å². The SMILES string of the molecule is Cc1noc(C)c1S(=O)(=O)N1CC(C)(C)c2c(Cl)cccc21. The Bertz CT molecular complexity index is 836. The second-order valence-corrected chi connectivity index (χ2v) is 8.39. The van der Waals surface area contributed by atoms with Crippen molar-refractivity contribution in [2.45, 2.75) is 38.0 Å². The van der Waals surface area contributed by atoms with Gasteiger partial charge in [-0.15, -0.1) is 0 Å². The molecule has 0 bridgehead atoms. The highest BCUT2D eigenvalue weighted by Gasteiger charge is 2.44. The molecule has 1 aliphatic rings. The fourth-order valence-corrected chi connectivity index (χ4v) is 5.44. The van der Waals surface area contributed by atoms with Crippen LogP contribution in [0.1, 0.15) is 30.9 Å². The zero-order chi connectivity index (χ0) is 16.3. The Morgan fingerprint density at radius 2 is 2.00 bits per heavy atom. The van der Waals surface area contributed by atoms with Crippen LogP contribution in [0.4, 0.5) is 5.69 Å². The zero-order valence-electron chi connectivity index (χ0n) is 12.8. The first kappa shape index (κ1) is 15.4. The fraction of sp³-hybridized carbons (Fsp3) is 0.400. The van der Waals surface area contributed by atoms with Crippen LogP contribution < -0.4 is 4.31 Å². The van der Waals surface area contributed by atoms with E-state index in [1.807, 2.05) is 13.8 Å². The summed E-state index contributed by atoms with van der Waals surface area (Å²) in [6, 6.07) is 5.33. The lowest BCUT2D eigenvalue weighted by molar-refractivity contribution is 0.390. The number of fused-ring (bicyclic) bond motifs is 1. The van der Waals surface area contributed by atoms with Crippen molar-refractivity contribution >= 4 is 27.3 Å². The molecule has 0 aliphatic carbocycles. The van der Waals surface area contributed by atoms with E-state index in [4.69, 9.17) is 16.1 Å². The summed E-state index contributed by atoms with van der Waals surface area (Å²) >= 11 is 6.30. The maximum Gasteiger partial charge on any atom is 0.269 e. The van der Waals surface area contributed by atoms with E-state index in [1.54, 1.807) is 32.0 Å². The number of anilines is 1. The summed E-state index contributed by atoms with van der Waals surface area (Å²) in [5.74, 6) is 0.297. The van der Waals surface area contributed by atoms with Crippen LogP contribution >= 0.6 is 11.6 Å². The fourth-order valence-electron chi connectivity index (χ4n) is 3.08. The molecule has 2 heterocycles. The largest absolute Gasteiger partial charge is 0.360 e. The lowest BCUT2D eigenvalue weighted by Crippen LogP contribution is -2.34. The molecule has 1 aliphatic heterocycles. The summed E-state index contributed by atoms with van der Waals surface area (Å²) in [7, 11) is -3.74. The highest BCUT2D eigenvalue weighted by molar-refractivity contribution is 7.93. The van der Waals surface area contributed by atoms with Gasteiger partial charge in [-0.05, 0) is 26.0 Å². The number of hydrogen-bond donors (Lipinski definition) is 0. The standard InChI is InChI=1S/C15H17ClN2O3S/c1-9-14(10(2)21-17-9)22(19,20)18-8-15(3,4)13-11(16)6-5-7-12(13)18/h5-7H,8H2,1-4H3. The van der Waals surface area contributed by atoms with Crippen molar-refractivity contribution < 1.29 is 12.9 Å². The maximum absolute atomic E-state index is 13.1. The molecular formula is C15H17ClN2O3S. The first-order chi connectivity index (χ1) is 10.2. The van der Waals surface area contributed by atoms with Crippen LogP contribution in [0, 0.1) is 13.8 Å². The van der Waals surface area contributed by atoms with Gasteiger partial charge in [-0.1, -0.05) is 36.7 Å². The lowest BCUT2D eigenvalue weighted by atomic mass is 9.87. The topological polar surface area (TPSA) is 63.4 Å². The van der Waals surface area contributed by atoms with E-state index in [1.165, 1.54) is 4.31 Å². The molecule has 0 N–H and O–H groups in total. The summed E-state index contributed by atoms with van der Waals surface area (Å²) in [5.41, 5.74) is 1.48. The third-order valence-electron chi connectivity index (χ3n) is 3.99. The number of hydrogen-bond acceptors (Lipinski definition) is 4. The molecule has 0 saturated heterocycles. The Kier molecular flexibility index (Phi) is 3.30. The Morgan fingerprint density at radius 3 is 2.59 bits per heavy atom. The van der Waals surface area contributed by atoms with Gasteiger partial charge in [-0.25, -0.2) is 8.42 Å². The van der Waals surface area contributed by atoms with Crippen LogP contribution in [-0.4, -0.2) is 20.1 Å². The smallest absolute Gasteiger partial charge is 0.269 e. The van der Waals surface area contributed by atoms with E-state index in [-0.39, 0.29) is 10.3 Å². The van der Waals surface area contributed by atoms with Crippen LogP contribution in [0.2, 0.25) is 5.02 Å². The third kappa shape index (κ3) is 2.05. The molecular weight excluding hydrogens is 324 g/mol. The number of rotatable bonds is 2. The molecule has 7 heteroatoms. The van der Waals surface area contributed by atoms with Crippen molar-refractivity contribution in [2.24, 2.45) is 0 Å². The number of aryl methyl sites for hydroxylation is 2. The molecule has 1 aromatic carbocycles. The van der Waals surface area contributed by atoms with Crippen molar-refractivity contribution in [2.75, 3.05) is 10.8 Å². The van der Waals surface area contributed by atoms with Gasteiger partial charge in [0.15, 0.2) is 10.7 Å². The molecule has 0 saturated carbocycles. The van der Waals surface area contributed by atoms with Gasteiger partial charge in [-0.3, -0.25) is 4.31 Å². The molecule has 5 nitrogen and oxygen atoms in total. The summed E-state index contributed by atoms with van der Waals surface area (Å²) < 4.78 is 32.6. The molecule has 0 fully saturated rings. The van der Waals surface area contributed by atoms with Crippen LogP contribution in [0.3, 0.4) is 0 Å². The summed E-state index contributed by atoms with van der Waals surface area (Å²) in [6.07, 6.45) is 0. The molecule has 2 aromatic rings. The third-order valence-corrected chi connectivity index (χ3v) is 6.31. The van der Waals surface area contributed by atoms with Gasteiger partial charge in [0.05, 0.1) is 5.69 Å². The van der Waals surface area contributed by atoms with Gasteiger partial charge in [0.2, 0.25) is 0 Å². The van der Waals surface area contributed by atoms with Crippen molar-refractivity contribution in [1.82, 2.24) is 5.16 Å². The van der Waals surface area contributed by atoms with E-state index in [2.05, 4.69) is 5.16 Å². The molecule has 118 valence electrons. The number of nitrogens with zero attached hydrogens (tertiary/aromatic N) is 2. The van der Waals surface area contributed by atoms with Crippen LogP contribution in [0.25, 0.3) is 0 Å². The minimum absolute atomic E-state index is 0.135. The molecule has 0 amide bonds. The van der Waals surface area contributed by atoms with Crippen LogP contribution in [0.15, 0.2) is 27.6 Å². The Labute approximate surface area is 134 Å². The predicted octanol–water partition coefficient (Wildman–Crippen LogP) is 3.43. The molecule has 3 rings (SSSR count). The molecule has 0 atom stereocenters. The highest BCUT2D eigenvalue weighted by Crippen LogP contribution is 2.46. The van der Waals surface area contributed by atoms with Gasteiger partial charge in [0.25, 0.3) is 10.0 Å². The molecule has 0 unspecified atom stereocenters. The quantitative estimate of drug-likeness (QED) is 0.840. The van der Waals surface area contributed by atoms with E-state index in [0.717, 1.165) is 5.56 Å². The molecule has 1 aromatic heterocycles.